The molecule has 2 rings (SSSR count). The predicted molar refractivity (Wildman–Crippen MR) is 54.2 cm³/mol. The molecule has 0 unspecified atom stereocenters. The molecule has 0 aromatic carbocycles. The van der Waals surface area contributed by atoms with Crippen LogP contribution in [0.25, 0.3) is 0 Å². The fourth-order valence-electron chi connectivity index (χ4n) is 1.26. The number of nitrogens with zero attached hydrogens (tertiary/aromatic N) is 4. The van der Waals surface area contributed by atoms with Crippen molar-refractivity contribution in [3.8, 4) is 6.07 Å². The minimum Gasteiger partial charge on any atom is -0.340 e. The van der Waals surface area contributed by atoms with Crippen molar-refractivity contribution in [1.29, 1.82) is 5.26 Å². The van der Waals surface area contributed by atoms with E-state index in [1.807, 2.05) is 4.98 Å². The summed E-state index contributed by atoms with van der Waals surface area (Å²) < 4.78 is 5.87. The molecule has 0 atom stereocenters. The van der Waals surface area contributed by atoms with Gasteiger partial charge in [-0.25, -0.2) is 4.79 Å². The van der Waals surface area contributed by atoms with E-state index < -0.39 is 11.2 Å². The van der Waals surface area contributed by atoms with Gasteiger partial charge in [0.25, 0.3) is 5.56 Å². The van der Waals surface area contributed by atoms with Gasteiger partial charge in [-0.05, 0) is 0 Å². The molecule has 8 nitrogen and oxygen atoms in total. The first-order chi connectivity index (χ1) is 8.10. The van der Waals surface area contributed by atoms with Crippen LogP contribution in [0.15, 0.2) is 20.3 Å². The van der Waals surface area contributed by atoms with Gasteiger partial charge in [0, 0.05) is 13.1 Å². The van der Waals surface area contributed by atoms with Crippen molar-refractivity contribution in [1.82, 2.24) is 19.7 Å². The van der Waals surface area contributed by atoms with Gasteiger partial charge in [0.05, 0.1) is 6.54 Å². The fraction of sp³-hybridized carbons (Fsp3) is 0.222. The van der Waals surface area contributed by atoms with Crippen LogP contribution < -0.4 is 11.2 Å². The molecule has 2 heterocycles. The van der Waals surface area contributed by atoms with Gasteiger partial charge in [-0.1, -0.05) is 5.16 Å². The van der Waals surface area contributed by atoms with E-state index in [1.54, 1.807) is 13.0 Å². The van der Waals surface area contributed by atoms with Crippen LogP contribution in [0.3, 0.4) is 0 Å². The van der Waals surface area contributed by atoms with Crippen LogP contribution in [-0.2, 0) is 6.54 Å². The summed E-state index contributed by atoms with van der Waals surface area (Å²) in [7, 11) is 0. The SMILES string of the molecule is Cc1nc(Cn2cc(C#N)c(=O)[nH]c2=O)no1. The Hall–Kier alpha value is -2.69. The fourth-order valence-corrected chi connectivity index (χ4v) is 1.26. The Morgan fingerprint density at radius 1 is 1.59 bits per heavy atom. The summed E-state index contributed by atoms with van der Waals surface area (Å²) in [5.41, 5.74) is -1.49. The van der Waals surface area contributed by atoms with Gasteiger partial charge >= 0.3 is 5.69 Å². The molecule has 2 aromatic rings. The van der Waals surface area contributed by atoms with Crippen molar-refractivity contribution in [3.05, 3.63) is 44.3 Å². The highest BCUT2D eigenvalue weighted by Gasteiger charge is 2.07. The Balaban J connectivity index is 2.43. The van der Waals surface area contributed by atoms with E-state index in [9.17, 15) is 9.59 Å². The van der Waals surface area contributed by atoms with Crippen LogP contribution in [0, 0.1) is 18.3 Å². The summed E-state index contributed by atoms with van der Waals surface area (Å²) >= 11 is 0. The second-order valence-electron chi connectivity index (χ2n) is 3.27. The highest BCUT2D eigenvalue weighted by atomic mass is 16.5. The maximum absolute atomic E-state index is 11.4. The number of hydrogen-bond donors (Lipinski definition) is 1. The van der Waals surface area contributed by atoms with E-state index in [2.05, 4.69) is 10.1 Å². The third-order valence-electron chi connectivity index (χ3n) is 2.01. The molecule has 0 bridgehead atoms. The molecule has 2 aromatic heterocycles. The van der Waals surface area contributed by atoms with Crippen LogP contribution in [-0.4, -0.2) is 19.7 Å². The lowest BCUT2D eigenvalue weighted by atomic mass is 10.4. The van der Waals surface area contributed by atoms with E-state index in [1.165, 1.54) is 0 Å². The Labute approximate surface area is 94.1 Å². The molecule has 0 fully saturated rings. The first kappa shape index (κ1) is 10.8. The van der Waals surface area contributed by atoms with Gasteiger partial charge in [0.15, 0.2) is 5.82 Å². The number of H-pyrrole nitrogens is 1. The highest BCUT2D eigenvalue weighted by Crippen LogP contribution is 1.96. The zero-order chi connectivity index (χ0) is 12.4. The average Bonchev–Trinajstić information content (AvgIpc) is 2.68. The third kappa shape index (κ3) is 2.12. The van der Waals surface area contributed by atoms with Crippen molar-refractivity contribution >= 4 is 0 Å². The monoisotopic (exact) mass is 233 g/mol. The maximum atomic E-state index is 11.4. The van der Waals surface area contributed by atoms with Crippen molar-refractivity contribution in [3.63, 3.8) is 0 Å². The van der Waals surface area contributed by atoms with Gasteiger partial charge in [-0.3, -0.25) is 14.3 Å². The standard InChI is InChI=1S/C9H7N5O3/c1-5-11-7(13-17-5)4-14-3-6(2-10)8(15)12-9(14)16/h3H,4H2,1H3,(H,12,15,16). The molecule has 0 radical (unpaired) electrons. The molecule has 0 spiro atoms. The Bertz CT molecular complexity index is 702. The molecule has 0 aliphatic carbocycles. The molecular weight excluding hydrogens is 226 g/mol. The first-order valence-electron chi connectivity index (χ1n) is 4.63. The Kier molecular flexibility index (Phi) is 2.58. The summed E-state index contributed by atoms with van der Waals surface area (Å²) in [4.78, 5) is 28.5. The van der Waals surface area contributed by atoms with Crippen molar-refractivity contribution in [2.45, 2.75) is 13.5 Å². The number of hydrogen-bond acceptors (Lipinski definition) is 6. The second kappa shape index (κ2) is 4.05. The van der Waals surface area contributed by atoms with Gasteiger partial charge in [0.1, 0.15) is 11.6 Å². The normalized spacial score (nSPS) is 10.1. The number of nitriles is 1. The highest BCUT2D eigenvalue weighted by molar-refractivity contribution is 5.21. The number of nitrogens with one attached hydrogen (secondary N) is 1. The quantitative estimate of drug-likeness (QED) is 0.721. The summed E-state index contributed by atoms with van der Waals surface area (Å²) in [5, 5.41) is 12.3. The van der Waals surface area contributed by atoms with Crippen LogP contribution in [0.1, 0.15) is 17.3 Å². The number of rotatable bonds is 2. The van der Waals surface area contributed by atoms with E-state index in [0.717, 1.165) is 10.8 Å². The molecule has 17 heavy (non-hydrogen) atoms. The molecule has 0 aliphatic rings. The lowest BCUT2D eigenvalue weighted by Gasteiger charge is -2.00. The molecule has 0 aliphatic heterocycles. The molecule has 0 saturated heterocycles. The van der Waals surface area contributed by atoms with E-state index in [4.69, 9.17) is 9.78 Å². The smallest absolute Gasteiger partial charge is 0.328 e. The summed E-state index contributed by atoms with van der Waals surface area (Å²) in [6.07, 6.45) is 1.16. The van der Waals surface area contributed by atoms with E-state index in [0.29, 0.717) is 11.7 Å². The van der Waals surface area contributed by atoms with E-state index >= 15 is 0 Å². The Morgan fingerprint density at radius 2 is 2.35 bits per heavy atom. The maximum Gasteiger partial charge on any atom is 0.328 e. The molecule has 0 amide bonds. The van der Waals surface area contributed by atoms with E-state index in [-0.39, 0.29) is 12.1 Å². The van der Waals surface area contributed by atoms with Gasteiger partial charge in [-0.2, -0.15) is 10.2 Å². The summed E-state index contributed by atoms with van der Waals surface area (Å²) in [6.45, 7) is 1.65. The topological polar surface area (TPSA) is 118 Å². The number of aryl methyl sites for hydroxylation is 1. The van der Waals surface area contributed by atoms with Crippen molar-refractivity contribution in [2.75, 3.05) is 0 Å². The lowest BCUT2D eigenvalue weighted by Crippen LogP contribution is -2.31. The van der Waals surface area contributed by atoms with Crippen LogP contribution in [0.4, 0.5) is 0 Å². The zero-order valence-electron chi connectivity index (χ0n) is 8.80. The van der Waals surface area contributed by atoms with Gasteiger partial charge in [-0.15, -0.1) is 0 Å². The van der Waals surface area contributed by atoms with Crippen LogP contribution >= 0.6 is 0 Å². The van der Waals surface area contributed by atoms with Crippen LogP contribution in [0.5, 0.6) is 0 Å². The molecule has 0 saturated carbocycles. The molecule has 8 heteroatoms. The van der Waals surface area contributed by atoms with Crippen molar-refractivity contribution in [2.24, 2.45) is 0 Å². The molecule has 1 N–H and O–H groups in total. The summed E-state index contributed by atoms with van der Waals surface area (Å²) in [6, 6.07) is 1.69. The largest absolute Gasteiger partial charge is 0.340 e. The average molecular weight is 233 g/mol. The number of aromatic nitrogens is 4. The predicted octanol–water partition coefficient (Wildman–Crippen LogP) is -0.852. The van der Waals surface area contributed by atoms with Gasteiger partial charge in [0.2, 0.25) is 5.89 Å². The zero-order valence-corrected chi connectivity index (χ0v) is 8.80. The second-order valence-corrected chi connectivity index (χ2v) is 3.27. The lowest BCUT2D eigenvalue weighted by molar-refractivity contribution is 0.385. The van der Waals surface area contributed by atoms with Crippen molar-refractivity contribution < 1.29 is 4.52 Å². The minimum atomic E-state index is -0.710. The summed E-state index contributed by atoms with van der Waals surface area (Å²) in [5.74, 6) is 0.665. The molecule has 86 valence electrons. The third-order valence-corrected chi connectivity index (χ3v) is 2.01. The first-order valence-corrected chi connectivity index (χ1v) is 4.63. The Morgan fingerprint density at radius 3 is 2.94 bits per heavy atom. The minimum absolute atomic E-state index is 0.0294. The van der Waals surface area contributed by atoms with Crippen LogP contribution in [0.2, 0.25) is 0 Å². The molecular formula is C9H7N5O3. The number of aromatic amines is 1. The van der Waals surface area contributed by atoms with Gasteiger partial charge < -0.3 is 4.52 Å².